The van der Waals surface area contributed by atoms with E-state index in [1.165, 1.54) is 17.7 Å². The first kappa shape index (κ1) is 13.7. The van der Waals surface area contributed by atoms with Crippen LogP contribution in [0.5, 0.6) is 0 Å². The third-order valence-electron chi connectivity index (χ3n) is 4.14. The minimum atomic E-state index is -0.671. The van der Waals surface area contributed by atoms with E-state index in [1.807, 2.05) is 24.3 Å². The number of halogens is 1. The van der Waals surface area contributed by atoms with Crippen LogP contribution in [0, 0.1) is 15.9 Å². The van der Waals surface area contributed by atoms with Crippen molar-refractivity contribution < 1.29 is 9.31 Å². The van der Waals surface area contributed by atoms with Crippen LogP contribution in [0.1, 0.15) is 23.1 Å². The van der Waals surface area contributed by atoms with Crippen molar-refractivity contribution in [3.05, 3.63) is 75.1 Å². The zero-order valence-electron chi connectivity index (χ0n) is 11.4. The average Bonchev–Trinajstić information content (AvgIpc) is 2.77. The van der Waals surface area contributed by atoms with Crippen LogP contribution in [0.3, 0.4) is 0 Å². The second kappa shape index (κ2) is 4.93. The van der Waals surface area contributed by atoms with E-state index in [2.05, 4.69) is 0 Å². The monoisotopic (exact) mass is 286 g/mol. The summed E-state index contributed by atoms with van der Waals surface area (Å²) in [7, 11) is 0. The molecule has 2 aromatic rings. The Morgan fingerprint density at radius 3 is 2.81 bits per heavy atom. The highest BCUT2D eigenvalue weighted by Crippen LogP contribution is 2.38. The molecular formula is C16H15FN2O2. The number of nitrogens with two attached hydrogens (primary N) is 1. The highest BCUT2D eigenvalue weighted by molar-refractivity contribution is 5.45. The highest BCUT2D eigenvalue weighted by atomic mass is 19.1. The number of hydrogen-bond acceptors (Lipinski definition) is 3. The van der Waals surface area contributed by atoms with Crippen molar-refractivity contribution in [2.24, 2.45) is 5.73 Å². The Balaban J connectivity index is 2.01. The fourth-order valence-electron chi connectivity index (χ4n) is 3.11. The molecule has 1 aliphatic carbocycles. The van der Waals surface area contributed by atoms with Gasteiger partial charge in [0.15, 0.2) is 0 Å². The summed E-state index contributed by atoms with van der Waals surface area (Å²) in [5.74, 6) is -0.481. The SMILES string of the molecule is NC1(Cc2cc(F)ccc2[N+](=O)[O-])CCc2ccccc21. The number of nitro groups is 1. The summed E-state index contributed by atoms with van der Waals surface area (Å²) in [5.41, 5.74) is 8.24. The lowest BCUT2D eigenvalue weighted by atomic mass is 9.85. The molecule has 0 heterocycles. The number of nitrogens with zero attached hydrogens (tertiary/aromatic N) is 1. The predicted octanol–water partition coefficient (Wildman–Crippen LogP) is 3.08. The van der Waals surface area contributed by atoms with E-state index in [1.54, 1.807) is 0 Å². The van der Waals surface area contributed by atoms with Gasteiger partial charge in [0.25, 0.3) is 5.69 Å². The maximum absolute atomic E-state index is 13.4. The summed E-state index contributed by atoms with van der Waals surface area (Å²) in [6.07, 6.45) is 1.81. The van der Waals surface area contributed by atoms with E-state index in [-0.39, 0.29) is 12.1 Å². The Morgan fingerprint density at radius 1 is 1.29 bits per heavy atom. The van der Waals surface area contributed by atoms with Crippen LogP contribution in [0.25, 0.3) is 0 Å². The molecule has 3 rings (SSSR count). The third-order valence-corrected chi connectivity index (χ3v) is 4.14. The minimum Gasteiger partial charge on any atom is -0.321 e. The summed E-state index contributed by atoms with van der Waals surface area (Å²) in [6.45, 7) is 0. The van der Waals surface area contributed by atoms with Gasteiger partial charge in [-0.1, -0.05) is 24.3 Å². The molecule has 1 aliphatic rings. The zero-order valence-corrected chi connectivity index (χ0v) is 11.4. The van der Waals surface area contributed by atoms with Gasteiger partial charge in [-0.15, -0.1) is 0 Å². The van der Waals surface area contributed by atoms with Crippen LogP contribution < -0.4 is 5.73 Å². The van der Waals surface area contributed by atoms with Crippen LogP contribution in [0.2, 0.25) is 0 Å². The van der Waals surface area contributed by atoms with Gasteiger partial charge in [0.05, 0.1) is 4.92 Å². The topological polar surface area (TPSA) is 69.2 Å². The van der Waals surface area contributed by atoms with Crippen molar-refractivity contribution in [1.29, 1.82) is 0 Å². The van der Waals surface area contributed by atoms with Gasteiger partial charge in [-0.3, -0.25) is 10.1 Å². The molecule has 1 atom stereocenters. The molecule has 2 N–H and O–H groups in total. The number of benzene rings is 2. The van der Waals surface area contributed by atoms with Crippen molar-refractivity contribution >= 4 is 5.69 Å². The lowest BCUT2D eigenvalue weighted by Crippen LogP contribution is -2.36. The molecule has 108 valence electrons. The number of fused-ring (bicyclic) bond motifs is 1. The molecule has 4 nitrogen and oxygen atoms in total. The van der Waals surface area contributed by atoms with Crippen molar-refractivity contribution in [3.63, 3.8) is 0 Å². The first-order chi connectivity index (χ1) is 9.99. The van der Waals surface area contributed by atoms with Gasteiger partial charge >= 0.3 is 0 Å². The summed E-state index contributed by atoms with van der Waals surface area (Å²) in [5, 5.41) is 11.1. The van der Waals surface area contributed by atoms with Gasteiger partial charge in [-0.25, -0.2) is 4.39 Å². The van der Waals surface area contributed by atoms with Crippen LogP contribution in [-0.4, -0.2) is 4.92 Å². The van der Waals surface area contributed by atoms with Crippen LogP contribution in [-0.2, 0) is 18.4 Å². The summed E-state index contributed by atoms with van der Waals surface area (Å²) < 4.78 is 13.4. The predicted molar refractivity (Wildman–Crippen MR) is 77.4 cm³/mol. The van der Waals surface area contributed by atoms with E-state index in [9.17, 15) is 14.5 Å². The van der Waals surface area contributed by atoms with Crippen molar-refractivity contribution in [1.82, 2.24) is 0 Å². The second-order valence-electron chi connectivity index (χ2n) is 5.52. The van der Waals surface area contributed by atoms with Crippen molar-refractivity contribution in [3.8, 4) is 0 Å². The van der Waals surface area contributed by atoms with Gasteiger partial charge in [0.1, 0.15) is 5.82 Å². The van der Waals surface area contributed by atoms with E-state index >= 15 is 0 Å². The van der Waals surface area contributed by atoms with E-state index in [0.29, 0.717) is 12.0 Å². The summed E-state index contributed by atoms with van der Waals surface area (Å²) >= 11 is 0. The molecule has 5 heteroatoms. The smallest absolute Gasteiger partial charge is 0.272 e. The highest BCUT2D eigenvalue weighted by Gasteiger charge is 2.36. The minimum absolute atomic E-state index is 0.0781. The molecule has 1 unspecified atom stereocenters. The normalized spacial score (nSPS) is 20.3. The summed E-state index contributed by atoms with van der Waals surface area (Å²) in [6, 6.07) is 11.4. The maximum Gasteiger partial charge on any atom is 0.272 e. The fourth-order valence-corrected chi connectivity index (χ4v) is 3.11. The van der Waals surface area contributed by atoms with Gasteiger partial charge in [0.2, 0.25) is 0 Å². The molecular weight excluding hydrogens is 271 g/mol. The molecule has 0 radical (unpaired) electrons. The standard InChI is InChI=1S/C16H15FN2O2/c17-13-5-6-15(19(20)21)12(9-13)10-16(18)8-7-11-3-1-2-4-14(11)16/h1-6,9H,7-8,10,18H2. The largest absolute Gasteiger partial charge is 0.321 e. The van der Waals surface area contributed by atoms with E-state index < -0.39 is 16.3 Å². The average molecular weight is 286 g/mol. The molecule has 0 amide bonds. The van der Waals surface area contributed by atoms with Gasteiger partial charge < -0.3 is 5.73 Å². The van der Waals surface area contributed by atoms with Gasteiger partial charge in [0, 0.05) is 23.6 Å². The Hall–Kier alpha value is -2.27. The van der Waals surface area contributed by atoms with Crippen molar-refractivity contribution in [2.75, 3.05) is 0 Å². The number of hydrogen-bond donors (Lipinski definition) is 1. The van der Waals surface area contributed by atoms with Crippen LogP contribution >= 0.6 is 0 Å². The van der Waals surface area contributed by atoms with Crippen LogP contribution in [0.4, 0.5) is 10.1 Å². The van der Waals surface area contributed by atoms with E-state index in [0.717, 1.165) is 18.1 Å². The lowest BCUT2D eigenvalue weighted by molar-refractivity contribution is -0.385. The second-order valence-corrected chi connectivity index (χ2v) is 5.52. The first-order valence-corrected chi connectivity index (χ1v) is 6.80. The Kier molecular flexibility index (Phi) is 3.22. The van der Waals surface area contributed by atoms with Crippen molar-refractivity contribution in [2.45, 2.75) is 24.8 Å². The Bertz CT molecular complexity index is 717. The van der Waals surface area contributed by atoms with Gasteiger partial charge in [-0.2, -0.15) is 0 Å². The summed E-state index contributed by atoms with van der Waals surface area (Å²) in [4.78, 5) is 10.6. The van der Waals surface area contributed by atoms with Crippen LogP contribution in [0.15, 0.2) is 42.5 Å². The molecule has 0 spiro atoms. The number of rotatable bonds is 3. The number of aryl methyl sites for hydroxylation is 1. The maximum atomic E-state index is 13.4. The first-order valence-electron chi connectivity index (χ1n) is 6.80. The quantitative estimate of drug-likeness (QED) is 0.696. The van der Waals surface area contributed by atoms with Gasteiger partial charge in [-0.05, 0) is 36.1 Å². The Morgan fingerprint density at radius 2 is 2.05 bits per heavy atom. The molecule has 0 saturated heterocycles. The molecule has 2 aromatic carbocycles. The zero-order chi connectivity index (χ0) is 15.0. The van der Waals surface area contributed by atoms with E-state index in [4.69, 9.17) is 5.73 Å². The molecule has 0 aromatic heterocycles. The molecule has 21 heavy (non-hydrogen) atoms. The molecule has 0 saturated carbocycles. The number of nitro benzene ring substituents is 1. The lowest BCUT2D eigenvalue weighted by Gasteiger charge is -2.25. The third kappa shape index (κ3) is 2.40. The molecule has 0 fully saturated rings. The Labute approximate surface area is 121 Å². The molecule has 0 bridgehead atoms. The molecule has 0 aliphatic heterocycles. The fraction of sp³-hybridized carbons (Fsp3) is 0.250.